The third kappa shape index (κ3) is 3.24. The number of halogens is 3. The molecule has 2 aliphatic carbocycles. The molecule has 0 aromatic heterocycles. The van der Waals surface area contributed by atoms with Gasteiger partial charge in [0.1, 0.15) is 0 Å². The average Bonchev–Trinajstić information content (AvgIpc) is 2.32. The maximum absolute atomic E-state index is 12.7. The van der Waals surface area contributed by atoms with Gasteiger partial charge in [0, 0.05) is 18.6 Å². The summed E-state index contributed by atoms with van der Waals surface area (Å²) in [7, 11) is 2.04. The molecule has 0 heterocycles. The molecule has 2 aliphatic rings. The first-order valence-corrected chi connectivity index (χ1v) is 7.35. The zero-order valence-corrected chi connectivity index (χ0v) is 11.7. The predicted octanol–water partition coefficient (Wildman–Crippen LogP) is 3.17. The van der Waals surface area contributed by atoms with E-state index in [-0.39, 0.29) is 18.4 Å². The quantitative estimate of drug-likeness (QED) is 0.856. The van der Waals surface area contributed by atoms with Gasteiger partial charge in [-0.3, -0.25) is 4.90 Å². The lowest BCUT2D eigenvalue weighted by Crippen LogP contribution is -2.56. The molecule has 2 nitrogen and oxygen atoms in total. The van der Waals surface area contributed by atoms with Crippen LogP contribution in [0.25, 0.3) is 0 Å². The Labute approximate surface area is 113 Å². The lowest BCUT2D eigenvalue weighted by molar-refractivity contribution is -0.188. The van der Waals surface area contributed by atoms with Crippen LogP contribution in [0, 0.1) is 11.8 Å². The molecule has 19 heavy (non-hydrogen) atoms. The highest BCUT2D eigenvalue weighted by Gasteiger charge is 2.47. The van der Waals surface area contributed by atoms with Crippen molar-refractivity contribution in [1.82, 2.24) is 4.90 Å². The molecule has 0 radical (unpaired) electrons. The molecule has 0 aromatic carbocycles. The Morgan fingerprint density at radius 1 is 1.16 bits per heavy atom. The van der Waals surface area contributed by atoms with E-state index in [0.717, 1.165) is 12.5 Å². The van der Waals surface area contributed by atoms with Gasteiger partial charge in [0.05, 0.1) is 5.92 Å². The number of nitrogens with zero attached hydrogens (tertiary/aromatic N) is 1. The minimum absolute atomic E-state index is 0.197. The Balaban J connectivity index is 1.92. The van der Waals surface area contributed by atoms with Gasteiger partial charge in [0.2, 0.25) is 0 Å². The van der Waals surface area contributed by atoms with E-state index >= 15 is 0 Å². The van der Waals surface area contributed by atoms with Gasteiger partial charge >= 0.3 is 6.18 Å². The molecule has 0 bridgehead atoms. The van der Waals surface area contributed by atoms with Crippen molar-refractivity contribution in [3.63, 3.8) is 0 Å². The molecule has 2 saturated carbocycles. The van der Waals surface area contributed by atoms with Gasteiger partial charge < -0.3 is 5.73 Å². The maximum atomic E-state index is 12.7. The lowest BCUT2D eigenvalue weighted by atomic mass is 9.74. The number of rotatable bonds is 4. The van der Waals surface area contributed by atoms with Crippen LogP contribution in [0.2, 0.25) is 0 Å². The van der Waals surface area contributed by atoms with Crippen molar-refractivity contribution in [2.45, 2.75) is 56.7 Å². The maximum Gasteiger partial charge on any atom is 0.391 e. The molecule has 0 spiro atoms. The first kappa shape index (κ1) is 15.1. The first-order valence-electron chi connectivity index (χ1n) is 7.35. The Morgan fingerprint density at radius 2 is 1.74 bits per heavy atom. The van der Waals surface area contributed by atoms with Crippen LogP contribution in [0.4, 0.5) is 13.2 Å². The highest BCUT2D eigenvalue weighted by atomic mass is 19.4. The summed E-state index contributed by atoms with van der Waals surface area (Å²) >= 11 is 0. The summed E-state index contributed by atoms with van der Waals surface area (Å²) in [6.45, 7) is 1.47. The van der Waals surface area contributed by atoms with Gasteiger partial charge in [0.25, 0.3) is 0 Å². The van der Waals surface area contributed by atoms with Gasteiger partial charge in [0.15, 0.2) is 0 Å². The Hall–Kier alpha value is -0.290. The second kappa shape index (κ2) is 5.60. The minimum Gasteiger partial charge on any atom is -0.329 e. The van der Waals surface area contributed by atoms with E-state index in [1.54, 1.807) is 0 Å². The van der Waals surface area contributed by atoms with E-state index in [1.165, 1.54) is 19.3 Å². The number of likely N-dealkylation sites (N-methyl/N-ethyl adjacent to an activating group) is 1. The topological polar surface area (TPSA) is 29.3 Å². The third-order valence-electron chi connectivity index (χ3n) is 5.33. The summed E-state index contributed by atoms with van der Waals surface area (Å²) in [5.74, 6) is -0.391. The monoisotopic (exact) mass is 278 g/mol. The predicted molar refractivity (Wildman–Crippen MR) is 69.8 cm³/mol. The van der Waals surface area contributed by atoms with Gasteiger partial charge in [-0.25, -0.2) is 0 Å². The molecule has 0 aliphatic heterocycles. The van der Waals surface area contributed by atoms with Crippen LogP contribution in [0.1, 0.15) is 44.9 Å². The molecule has 112 valence electrons. The fraction of sp³-hybridized carbons (Fsp3) is 1.00. The number of alkyl halides is 3. The smallest absolute Gasteiger partial charge is 0.329 e. The SMILES string of the molecule is CN(CC1CCC1)C1(CN)CCC(C(F)(F)F)CC1. The van der Waals surface area contributed by atoms with Crippen LogP contribution in [0.3, 0.4) is 0 Å². The van der Waals surface area contributed by atoms with Crippen molar-refractivity contribution < 1.29 is 13.2 Å². The molecule has 0 unspecified atom stereocenters. The van der Waals surface area contributed by atoms with Crippen LogP contribution in [-0.2, 0) is 0 Å². The van der Waals surface area contributed by atoms with E-state index in [1.807, 2.05) is 7.05 Å². The van der Waals surface area contributed by atoms with E-state index in [2.05, 4.69) is 4.90 Å². The van der Waals surface area contributed by atoms with Crippen LogP contribution in [0.5, 0.6) is 0 Å². The first-order chi connectivity index (χ1) is 8.87. The van der Waals surface area contributed by atoms with Crippen LogP contribution in [-0.4, -0.2) is 36.8 Å². The molecule has 5 heteroatoms. The average molecular weight is 278 g/mol. The molecule has 0 saturated heterocycles. The van der Waals surface area contributed by atoms with Crippen molar-refractivity contribution >= 4 is 0 Å². The van der Waals surface area contributed by atoms with E-state index < -0.39 is 12.1 Å². The summed E-state index contributed by atoms with van der Waals surface area (Å²) < 4.78 is 38.2. The fourth-order valence-electron chi connectivity index (χ4n) is 3.48. The second-order valence-electron chi connectivity index (χ2n) is 6.42. The highest BCUT2D eigenvalue weighted by Crippen LogP contribution is 2.43. The van der Waals surface area contributed by atoms with E-state index in [9.17, 15) is 13.2 Å². The summed E-state index contributed by atoms with van der Waals surface area (Å²) in [6.07, 6.45) is 1.41. The molecule has 2 fully saturated rings. The van der Waals surface area contributed by atoms with Gasteiger partial charge in [-0.15, -0.1) is 0 Å². The summed E-state index contributed by atoms with van der Waals surface area (Å²) in [5, 5.41) is 0. The van der Waals surface area contributed by atoms with Crippen LogP contribution >= 0.6 is 0 Å². The van der Waals surface area contributed by atoms with Gasteiger partial charge in [-0.1, -0.05) is 6.42 Å². The van der Waals surface area contributed by atoms with Crippen LogP contribution in [0.15, 0.2) is 0 Å². The Kier molecular flexibility index (Phi) is 4.45. The number of hydrogen-bond donors (Lipinski definition) is 1. The molecule has 2 N–H and O–H groups in total. The van der Waals surface area contributed by atoms with Crippen molar-refractivity contribution in [3.8, 4) is 0 Å². The third-order valence-corrected chi connectivity index (χ3v) is 5.33. The lowest BCUT2D eigenvalue weighted by Gasteiger charge is -2.48. The molecular formula is C14H25F3N2. The van der Waals surface area contributed by atoms with Crippen molar-refractivity contribution in [2.24, 2.45) is 17.6 Å². The number of hydrogen-bond acceptors (Lipinski definition) is 2. The normalized spacial score (nSPS) is 33.5. The zero-order chi connectivity index (χ0) is 14.1. The second-order valence-corrected chi connectivity index (χ2v) is 6.42. The molecular weight excluding hydrogens is 253 g/mol. The molecule has 0 aromatic rings. The van der Waals surface area contributed by atoms with Gasteiger partial charge in [-0.05, 0) is 51.5 Å². The van der Waals surface area contributed by atoms with Crippen LogP contribution < -0.4 is 5.73 Å². The van der Waals surface area contributed by atoms with E-state index in [0.29, 0.717) is 19.4 Å². The summed E-state index contributed by atoms with van der Waals surface area (Å²) in [5.41, 5.74) is 5.71. The van der Waals surface area contributed by atoms with E-state index in [4.69, 9.17) is 5.73 Å². The largest absolute Gasteiger partial charge is 0.391 e. The number of nitrogens with two attached hydrogens (primary N) is 1. The standard InChI is InChI=1S/C14H25F3N2/c1-19(9-11-3-2-4-11)13(10-18)7-5-12(6-8-13)14(15,16)17/h11-12H,2-10,18H2,1H3. The van der Waals surface area contributed by atoms with Gasteiger partial charge in [-0.2, -0.15) is 13.2 Å². The molecule has 2 rings (SSSR count). The minimum atomic E-state index is -4.03. The van der Waals surface area contributed by atoms with Crippen molar-refractivity contribution in [1.29, 1.82) is 0 Å². The van der Waals surface area contributed by atoms with Crippen molar-refractivity contribution in [2.75, 3.05) is 20.1 Å². The molecule has 0 atom stereocenters. The van der Waals surface area contributed by atoms with Crippen molar-refractivity contribution in [3.05, 3.63) is 0 Å². The summed E-state index contributed by atoms with van der Waals surface area (Å²) in [4.78, 5) is 2.25. The summed E-state index contributed by atoms with van der Waals surface area (Å²) in [6, 6.07) is 0. The molecule has 0 amide bonds. The Bertz CT molecular complexity index is 292. The fourth-order valence-corrected chi connectivity index (χ4v) is 3.48. The highest BCUT2D eigenvalue weighted by molar-refractivity contribution is 4.96. The zero-order valence-electron chi connectivity index (χ0n) is 11.7. The Morgan fingerprint density at radius 3 is 2.11 bits per heavy atom.